The van der Waals surface area contributed by atoms with Crippen LogP contribution in [0, 0.1) is 0 Å². The molecular weight excluding hydrogens is 406 g/mol. The summed E-state index contributed by atoms with van der Waals surface area (Å²) in [5.74, 6) is 0.720. The molecule has 2 rings (SSSR count). The van der Waals surface area contributed by atoms with Gasteiger partial charge in [-0.2, -0.15) is 0 Å². The zero-order valence-corrected chi connectivity index (χ0v) is 19.3. The maximum Gasteiger partial charge on any atom is 0.410 e. The van der Waals surface area contributed by atoms with Gasteiger partial charge >= 0.3 is 6.09 Å². The molecule has 2 aromatic carbocycles. The lowest BCUT2D eigenvalue weighted by Gasteiger charge is -2.35. The standard InChI is InChI=1S/C26H33NO5/c1-6-10-23(24(18-28)31-19-21-11-8-7-9-12-21)27(25(29)32-26(2,3)4)17-20-13-15-22(30-5)16-14-20/h6-9,11-16,18,23-24H,1,10,17,19H2,2-5H3/t23-,24-/m1/s1. The van der Waals surface area contributed by atoms with Gasteiger partial charge in [-0.15, -0.1) is 6.58 Å². The molecule has 0 unspecified atom stereocenters. The first-order valence-electron chi connectivity index (χ1n) is 10.6. The molecule has 6 heteroatoms. The van der Waals surface area contributed by atoms with E-state index in [1.54, 1.807) is 18.1 Å². The minimum Gasteiger partial charge on any atom is -0.497 e. The molecule has 0 aromatic heterocycles. The van der Waals surface area contributed by atoms with Crippen LogP contribution in [0.3, 0.4) is 0 Å². The highest BCUT2D eigenvalue weighted by Gasteiger charge is 2.33. The van der Waals surface area contributed by atoms with Crippen LogP contribution in [-0.4, -0.2) is 42.1 Å². The molecule has 172 valence electrons. The Labute approximate surface area is 190 Å². The van der Waals surface area contributed by atoms with Crippen molar-refractivity contribution in [2.45, 2.75) is 58.1 Å². The fourth-order valence-corrected chi connectivity index (χ4v) is 3.18. The molecule has 0 bridgehead atoms. The molecule has 0 aliphatic heterocycles. The van der Waals surface area contributed by atoms with Crippen LogP contribution in [0.1, 0.15) is 38.3 Å². The predicted molar refractivity (Wildman–Crippen MR) is 124 cm³/mol. The third-order valence-electron chi connectivity index (χ3n) is 4.75. The van der Waals surface area contributed by atoms with Gasteiger partial charge < -0.3 is 19.0 Å². The fourth-order valence-electron chi connectivity index (χ4n) is 3.18. The summed E-state index contributed by atoms with van der Waals surface area (Å²) in [5.41, 5.74) is 1.13. The topological polar surface area (TPSA) is 65.1 Å². The van der Waals surface area contributed by atoms with Gasteiger partial charge in [0.1, 0.15) is 17.5 Å². The van der Waals surface area contributed by atoms with Crippen LogP contribution in [0.5, 0.6) is 5.75 Å². The van der Waals surface area contributed by atoms with E-state index < -0.39 is 23.8 Å². The van der Waals surface area contributed by atoms with Gasteiger partial charge in [-0.05, 0) is 50.5 Å². The molecule has 0 spiro atoms. The quantitative estimate of drug-likeness (QED) is 0.357. The van der Waals surface area contributed by atoms with E-state index in [0.29, 0.717) is 6.42 Å². The average molecular weight is 440 g/mol. The van der Waals surface area contributed by atoms with Crippen LogP contribution in [0.15, 0.2) is 67.3 Å². The number of amides is 1. The lowest BCUT2D eigenvalue weighted by molar-refractivity contribution is -0.123. The molecular formula is C26H33NO5. The average Bonchev–Trinajstić information content (AvgIpc) is 2.77. The molecule has 1 amide bonds. The van der Waals surface area contributed by atoms with E-state index in [0.717, 1.165) is 23.2 Å². The minimum absolute atomic E-state index is 0.246. The van der Waals surface area contributed by atoms with Gasteiger partial charge in [0.2, 0.25) is 0 Å². The molecule has 32 heavy (non-hydrogen) atoms. The molecule has 0 radical (unpaired) electrons. The second-order valence-electron chi connectivity index (χ2n) is 8.45. The van der Waals surface area contributed by atoms with Crippen LogP contribution >= 0.6 is 0 Å². The number of benzene rings is 2. The summed E-state index contributed by atoms with van der Waals surface area (Å²) in [4.78, 5) is 26.7. The first-order chi connectivity index (χ1) is 15.3. The van der Waals surface area contributed by atoms with Gasteiger partial charge in [-0.3, -0.25) is 4.90 Å². The van der Waals surface area contributed by atoms with Crippen molar-refractivity contribution >= 4 is 12.4 Å². The zero-order valence-electron chi connectivity index (χ0n) is 19.3. The summed E-state index contributed by atoms with van der Waals surface area (Å²) in [5, 5.41) is 0. The zero-order chi connectivity index (χ0) is 23.6. The van der Waals surface area contributed by atoms with E-state index in [9.17, 15) is 9.59 Å². The SMILES string of the molecule is C=CC[C@H]([C@@H](C=O)OCc1ccccc1)N(Cc1ccc(OC)cc1)C(=O)OC(C)(C)C. The van der Waals surface area contributed by atoms with Crippen molar-refractivity contribution in [3.05, 3.63) is 78.4 Å². The van der Waals surface area contributed by atoms with Gasteiger partial charge in [-0.1, -0.05) is 48.5 Å². The second-order valence-corrected chi connectivity index (χ2v) is 8.45. The summed E-state index contributed by atoms with van der Waals surface area (Å²) in [6.45, 7) is 9.74. The van der Waals surface area contributed by atoms with Crippen molar-refractivity contribution in [1.29, 1.82) is 0 Å². The maximum absolute atomic E-state index is 13.2. The highest BCUT2D eigenvalue weighted by atomic mass is 16.6. The molecule has 0 N–H and O–H groups in total. The van der Waals surface area contributed by atoms with Crippen LogP contribution in [0.2, 0.25) is 0 Å². The van der Waals surface area contributed by atoms with Crippen molar-refractivity contribution < 1.29 is 23.8 Å². The van der Waals surface area contributed by atoms with Gasteiger partial charge in [0.05, 0.1) is 19.8 Å². The lowest BCUT2D eigenvalue weighted by Crippen LogP contribution is -2.49. The molecule has 0 heterocycles. The van der Waals surface area contributed by atoms with Crippen LogP contribution < -0.4 is 4.74 Å². The summed E-state index contributed by atoms with van der Waals surface area (Å²) < 4.78 is 16.8. The highest BCUT2D eigenvalue weighted by Crippen LogP contribution is 2.22. The fraction of sp³-hybridized carbons (Fsp3) is 0.385. The van der Waals surface area contributed by atoms with E-state index in [1.165, 1.54) is 0 Å². The number of carbonyl (C=O) groups is 2. The molecule has 2 atom stereocenters. The molecule has 0 saturated carbocycles. The Kier molecular flexibility index (Phi) is 9.47. The van der Waals surface area contributed by atoms with Crippen molar-refractivity contribution in [1.82, 2.24) is 4.90 Å². The largest absolute Gasteiger partial charge is 0.497 e. The summed E-state index contributed by atoms with van der Waals surface area (Å²) in [6.07, 6.45) is 1.42. The highest BCUT2D eigenvalue weighted by molar-refractivity contribution is 5.70. The third-order valence-corrected chi connectivity index (χ3v) is 4.75. The Bertz CT molecular complexity index is 858. The number of nitrogens with zero attached hydrogens (tertiary/aromatic N) is 1. The lowest BCUT2D eigenvalue weighted by atomic mass is 10.0. The van der Waals surface area contributed by atoms with Crippen molar-refractivity contribution in [3.8, 4) is 5.75 Å². The monoisotopic (exact) mass is 439 g/mol. The second kappa shape index (κ2) is 12.1. The molecule has 0 aliphatic rings. The number of carbonyl (C=O) groups excluding carboxylic acids is 2. The van der Waals surface area contributed by atoms with Crippen LogP contribution in [0.4, 0.5) is 4.79 Å². The minimum atomic E-state index is -0.848. The number of aldehydes is 1. The summed E-state index contributed by atoms with van der Waals surface area (Å²) >= 11 is 0. The predicted octanol–water partition coefficient (Wildman–Crippen LogP) is 5.16. The van der Waals surface area contributed by atoms with E-state index in [2.05, 4.69) is 6.58 Å². The normalized spacial score (nSPS) is 13.0. The Morgan fingerprint density at radius 2 is 1.72 bits per heavy atom. The van der Waals surface area contributed by atoms with Crippen LogP contribution in [0.25, 0.3) is 0 Å². The van der Waals surface area contributed by atoms with Crippen LogP contribution in [-0.2, 0) is 27.4 Å². The molecule has 2 aromatic rings. The molecule has 6 nitrogen and oxygen atoms in total. The molecule has 0 saturated heterocycles. The van der Waals surface area contributed by atoms with Gasteiger partial charge in [0, 0.05) is 6.54 Å². The smallest absolute Gasteiger partial charge is 0.410 e. The van der Waals surface area contributed by atoms with Gasteiger partial charge in [0.15, 0.2) is 6.29 Å². The number of hydrogen-bond acceptors (Lipinski definition) is 5. The van der Waals surface area contributed by atoms with E-state index in [4.69, 9.17) is 14.2 Å². The van der Waals surface area contributed by atoms with Crippen molar-refractivity contribution in [2.24, 2.45) is 0 Å². The third kappa shape index (κ3) is 7.85. The number of hydrogen-bond donors (Lipinski definition) is 0. The van der Waals surface area contributed by atoms with Crippen molar-refractivity contribution in [2.75, 3.05) is 7.11 Å². The Morgan fingerprint density at radius 3 is 2.25 bits per heavy atom. The Balaban J connectivity index is 2.30. The van der Waals surface area contributed by atoms with E-state index in [1.807, 2.05) is 75.4 Å². The first kappa shape index (κ1) is 25.1. The van der Waals surface area contributed by atoms with Crippen molar-refractivity contribution in [3.63, 3.8) is 0 Å². The number of methoxy groups -OCH3 is 1. The van der Waals surface area contributed by atoms with E-state index >= 15 is 0 Å². The van der Waals surface area contributed by atoms with E-state index in [-0.39, 0.29) is 13.2 Å². The number of rotatable bonds is 11. The Hall–Kier alpha value is -3.12. The first-order valence-corrected chi connectivity index (χ1v) is 10.6. The number of ether oxygens (including phenoxy) is 3. The maximum atomic E-state index is 13.2. The summed E-state index contributed by atoms with van der Waals surface area (Å²) in [7, 11) is 1.60. The summed E-state index contributed by atoms with van der Waals surface area (Å²) in [6, 6.07) is 16.4. The Morgan fingerprint density at radius 1 is 1.06 bits per heavy atom. The van der Waals surface area contributed by atoms with Gasteiger partial charge in [0.25, 0.3) is 0 Å². The molecule has 0 aliphatic carbocycles. The molecule has 0 fully saturated rings. The van der Waals surface area contributed by atoms with Gasteiger partial charge in [-0.25, -0.2) is 4.79 Å².